The lowest BCUT2D eigenvalue weighted by Gasteiger charge is -2.24. The molecule has 0 saturated carbocycles. The molecule has 1 N–H and O–H groups in total. The Bertz CT molecular complexity index is 1180. The third kappa shape index (κ3) is 47.3. The van der Waals surface area contributed by atoms with Crippen molar-refractivity contribution >= 4 is 19.8 Å². The van der Waals surface area contributed by atoms with E-state index in [-0.39, 0.29) is 26.1 Å². The van der Waals surface area contributed by atoms with E-state index < -0.39 is 32.5 Å². The lowest BCUT2D eigenvalue weighted by atomic mass is 10.0. The summed E-state index contributed by atoms with van der Waals surface area (Å²) >= 11 is 0. The van der Waals surface area contributed by atoms with E-state index in [0.29, 0.717) is 23.9 Å². The van der Waals surface area contributed by atoms with E-state index in [0.717, 1.165) is 38.5 Å². The van der Waals surface area contributed by atoms with E-state index >= 15 is 0 Å². The molecule has 9 nitrogen and oxygen atoms in total. The average molecular weight is 881 g/mol. The van der Waals surface area contributed by atoms with Gasteiger partial charge < -0.3 is 18.9 Å². The molecular weight excluding hydrogens is 786 g/mol. The highest BCUT2D eigenvalue weighted by Gasteiger charge is 2.27. The topological polar surface area (TPSA) is 108 Å². The number of phosphoric ester groups is 1. The van der Waals surface area contributed by atoms with Crippen LogP contribution in [0.5, 0.6) is 0 Å². The lowest BCUT2D eigenvalue weighted by Crippen LogP contribution is -2.37. The van der Waals surface area contributed by atoms with Crippen LogP contribution < -0.4 is 0 Å². The molecule has 2 atom stereocenters. The number of likely N-dealkylation sites (N-methyl/N-ethyl adjacent to an activating group) is 1. The second-order valence-corrected chi connectivity index (χ2v) is 19.3. The molecule has 0 aliphatic carbocycles. The molecule has 0 fully saturated rings. The lowest BCUT2D eigenvalue weighted by molar-refractivity contribution is -0.870. The highest BCUT2D eigenvalue weighted by molar-refractivity contribution is 7.47. The molecule has 0 spiro atoms. The van der Waals surface area contributed by atoms with Crippen molar-refractivity contribution in [3.8, 4) is 0 Å². The number of rotatable bonds is 45. The summed E-state index contributed by atoms with van der Waals surface area (Å²) in [7, 11) is 1.45. The van der Waals surface area contributed by atoms with Gasteiger partial charge in [0.15, 0.2) is 6.10 Å². The van der Waals surface area contributed by atoms with Gasteiger partial charge in [-0.15, -0.1) is 0 Å². The maximum atomic E-state index is 12.7. The van der Waals surface area contributed by atoms with E-state index in [1.165, 1.54) is 135 Å². The summed E-state index contributed by atoms with van der Waals surface area (Å²) in [4.78, 5) is 35.5. The first-order chi connectivity index (χ1) is 29.5. The second kappa shape index (κ2) is 43.2. The van der Waals surface area contributed by atoms with Crippen molar-refractivity contribution in [3.63, 3.8) is 0 Å². The Labute approximate surface area is 375 Å². The third-order valence-corrected chi connectivity index (χ3v) is 11.6. The molecule has 0 aromatic carbocycles. The summed E-state index contributed by atoms with van der Waals surface area (Å²) in [6.07, 6.45) is 51.7. The number of phosphoric acid groups is 1. The van der Waals surface area contributed by atoms with Crippen molar-refractivity contribution in [3.05, 3.63) is 48.6 Å². The fraction of sp³-hybridized carbons (Fsp3) is 0.804. The number of carbonyl (C=O) groups excluding carboxylic acids is 2. The first-order valence-corrected chi connectivity index (χ1v) is 26.4. The molecular formula is C51H95NO8P+. The van der Waals surface area contributed by atoms with E-state index in [1.54, 1.807) is 0 Å². The number of allylic oxidation sites excluding steroid dienone is 8. The van der Waals surface area contributed by atoms with Crippen LogP contribution in [0.3, 0.4) is 0 Å². The Morgan fingerprint density at radius 2 is 0.902 bits per heavy atom. The SMILES string of the molecule is CCCCC/C=C/C/C=C/C/C=C/C/C=C/CCCC(=O)OC[C@H](COP(=O)(O)OCC[N+](C)(C)C)OC(=O)CCCCCCCCCCCCCCCCCCCCCC. The molecule has 0 radical (unpaired) electrons. The van der Waals surface area contributed by atoms with Gasteiger partial charge in [-0.25, -0.2) is 4.57 Å². The van der Waals surface area contributed by atoms with Gasteiger partial charge in [-0.1, -0.05) is 197 Å². The number of hydrogen-bond acceptors (Lipinski definition) is 7. The van der Waals surface area contributed by atoms with Gasteiger partial charge in [-0.2, -0.15) is 0 Å². The average Bonchev–Trinajstić information content (AvgIpc) is 3.21. The first-order valence-electron chi connectivity index (χ1n) is 24.9. The van der Waals surface area contributed by atoms with Gasteiger partial charge in [-0.3, -0.25) is 18.6 Å². The molecule has 61 heavy (non-hydrogen) atoms. The highest BCUT2D eigenvalue weighted by atomic mass is 31.2. The molecule has 0 aromatic rings. The monoisotopic (exact) mass is 881 g/mol. The maximum Gasteiger partial charge on any atom is 0.472 e. The molecule has 0 aliphatic heterocycles. The van der Waals surface area contributed by atoms with Crippen molar-refractivity contribution in [2.45, 2.75) is 219 Å². The summed E-state index contributed by atoms with van der Waals surface area (Å²) in [5, 5.41) is 0. The zero-order valence-electron chi connectivity index (χ0n) is 40.1. The van der Waals surface area contributed by atoms with Crippen molar-refractivity contribution in [1.29, 1.82) is 0 Å². The summed E-state index contributed by atoms with van der Waals surface area (Å²) in [5.41, 5.74) is 0. The third-order valence-electron chi connectivity index (χ3n) is 10.6. The van der Waals surface area contributed by atoms with E-state index in [2.05, 4.69) is 62.5 Å². The van der Waals surface area contributed by atoms with Gasteiger partial charge in [0.05, 0.1) is 27.7 Å². The fourth-order valence-electron chi connectivity index (χ4n) is 6.71. The van der Waals surface area contributed by atoms with Crippen LogP contribution in [0.1, 0.15) is 213 Å². The Balaban J connectivity index is 4.33. The summed E-state index contributed by atoms with van der Waals surface area (Å²) < 4.78 is 34.4. The quantitative estimate of drug-likeness (QED) is 0.0212. The largest absolute Gasteiger partial charge is 0.472 e. The number of carbonyl (C=O) groups is 2. The minimum Gasteiger partial charge on any atom is -0.462 e. The summed E-state index contributed by atoms with van der Waals surface area (Å²) in [6.45, 7) is 4.36. The zero-order chi connectivity index (χ0) is 45.0. The van der Waals surface area contributed by atoms with Crippen LogP contribution in [0.4, 0.5) is 0 Å². The van der Waals surface area contributed by atoms with Gasteiger partial charge in [0, 0.05) is 12.8 Å². The van der Waals surface area contributed by atoms with Crippen LogP contribution in [0, 0.1) is 0 Å². The maximum absolute atomic E-state index is 12.7. The highest BCUT2D eigenvalue weighted by Crippen LogP contribution is 2.43. The van der Waals surface area contributed by atoms with Crippen LogP contribution >= 0.6 is 7.82 Å². The van der Waals surface area contributed by atoms with Crippen LogP contribution in [-0.4, -0.2) is 74.9 Å². The standard InChI is InChI=1S/C51H94NO8P/c1-6-8-10-12-14-16-18-20-22-24-25-26-28-30-32-34-36-38-40-42-44-51(54)60-49(48-59-61(55,56)58-46-45-52(3,4)5)47-57-50(53)43-41-39-37-35-33-31-29-27-23-21-19-17-15-13-11-9-7-2/h15,17,21,23,29,31,35,37,49H,6-14,16,18-20,22,24-28,30,32-34,36,38-48H2,1-5H3/p+1/b17-15+,23-21+,31-29+,37-35+/t49-/m1/s1. The molecule has 0 bridgehead atoms. The molecule has 0 aromatic heterocycles. The Hall–Kier alpha value is -2.03. The number of esters is 2. The Morgan fingerprint density at radius 3 is 1.36 bits per heavy atom. The molecule has 0 rings (SSSR count). The molecule has 0 aliphatic rings. The number of unbranched alkanes of at least 4 members (excludes halogenated alkanes) is 23. The molecule has 1 unspecified atom stereocenters. The van der Waals surface area contributed by atoms with Crippen LogP contribution in [0.2, 0.25) is 0 Å². The van der Waals surface area contributed by atoms with Crippen LogP contribution in [0.15, 0.2) is 48.6 Å². The Morgan fingerprint density at radius 1 is 0.508 bits per heavy atom. The zero-order valence-corrected chi connectivity index (χ0v) is 41.0. The summed E-state index contributed by atoms with van der Waals surface area (Å²) in [5.74, 6) is -0.858. The minimum absolute atomic E-state index is 0.0234. The van der Waals surface area contributed by atoms with Gasteiger partial charge in [0.1, 0.15) is 19.8 Å². The van der Waals surface area contributed by atoms with E-state index in [9.17, 15) is 19.0 Å². The predicted molar refractivity (Wildman–Crippen MR) is 257 cm³/mol. The van der Waals surface area contributed by atoms with E-state index in [1.807, 2.05) is 21.1 Å². The van der Waals surface area contributed by atoms with Gasteiger partial charge in [-0.05, 0) is 51.4 Å². The smallest absolute Gasteiger partial charge is 0.462 e. The van der Waals surface area contributed by atoms with Crippen LogP contribution in [0.25, 0.3) is 0 Å². The van der Waals surface area contributed by atoms with Gasteiger partial charge in [0.2, 0.25) is 0 Å². The normalized spacial score (nSPS) is 13.9. The fourth-order valence-corrected chi connectivity index (χ4v) is 7.45. The summed E-state index contributed by atoms with van der Waals surface area (Å²) in [6, 6.07) is 0. The van der Waals surface area contributed by atoms with Crippen molar-refractivity contribution in [2.24, 2.45) is 0 Å². The van der Waals surface area contributed by atoms with Crippen molar-refractivity contribution in [2.75, 3.05) is 47.5 Å². The van der Waals surface area contributed by atoms with Gasteiger partial charge >= 0.3 is 19.8 Å². The molecule has 10 heteroatoms. The van der Waals surface area contributed by atoms with Gasteiger partial charge in [0.25, 0.3) is 0 Å². The number of quaternary nitrogens is 1. The molecule has 356 valence electrons. The van der Waals surface area contributed by atoms with Crippen molar-refractivity contribution in [1.82, 2.24) is 0 Å². The molecule has 0 heterocycles. The molecule has 0 amide bonds. The van der Waals surface area contributed by atoms with E-state index in [4.69, 9.17) is 18.5 Å². The first kappa shape index (κ1) is 59.0. The second-order valence-electron chi connectivity index (χ2n) is 17.9. The molecule has 0 saturated heterocycles. The predicted octanol–water partition coefficient (Wildman–Crippen LogP) is 14.6. The number of hydrogen-bond donors (Lipinski definition) is 1. The number of ether oxygens (including phenoxy) is 2. The van der Waals surface area contributed by atoms with Crippen molar-refractivity contribution < 1.29 is 42.1 Å². The number of nitrogens with zero attached hydrogens (tertiary/aromatic N) is 1. The van der Waals surface area contributed by atoms with Crippen LogP contribution in [-0.2, 0) is 32.7 Å². The Kier molecular flexibility index (Phi) is 41.8. The minimum atomic E-state index is -4.39.